The highest BCUT2D eigenvalue weighted by Crippen LogP contribution is 2.36. The van der Waals surface area contributed by atoms with Crippen LogP contribution in [0.1, 0.15) is 43.4 Å². The Bertz CT molecular complexity index is 719. The summed E-state index contributed by atoms with van der Waals surface area (Å²) in [6, 6.07) is 2.11. The monoisotopic (exact) mass is 376 g/mol. The molecule has 1 aromatic heterocycles. The number of aliphatic imine (C=N–C) groups is 1. The standard InChI is InChI=1S/C19H28N4O2S/c1-4-5-23(25-12(2)3)19(24)14-7-17-16(22-18(20)8-14)9-15(26-17)6-13-10-21-11-13/h7,9,12-13,21H,4-6,8,10-11H2,1-3H3,(H2,20,22). The predicted octanol–water partition coefficient (Wildman–Crippen LogP) is 2.86. The lowest BCUT2D eigenvalue weighted by Crippen LogP contribution is -2.42. The SMILES string of the molecule is CCCN(OC(C)C)C(=O)C1=Cc2sc(CC3CNC3)cc2N=C(N)C1. The van der Waals surface area contributed by atoms with Gasteiger partial charge in [0.2, 0.25) is 0 Å². The molecule has 0 aliphatic carbocycles. The van der Waals surface area contributed by atoms with Gasteiger partial charge >= 0.3 is 0 Å². The van der Waals surface area contributed by atoms with Gasteiger partial charge in [0, 0.05) is 23.4 Å². The molecule has 7 heteroatoms. The molecule has 3 heterocycles. The van der Waals surface area contributed by atoms with E-state index in [2.05, 4.69) is 16.4 Å². The Morgan fingerprint density at radius 3 is 2.88 bits per heavy atom. The number of amidine groups is 1. The summed E-state index contributed by atoms with van der Waals surface area (Å²) in [4.78, 5) is 25.5. The van der Waals surface area contributed by atoms with Gasteiger partial charge in [-0.3, -0.25) is 9.63 Å². The molecule has 1 amide bonds. The van der Waals surface area contributed by atoms with Crippen LogP contribution in [-0.4, -0.2) is 42.5 Å². The quantitative estimate of drug-likeness (QED) is 0.717. The van der Waals surface area contributed by atoms with Crippen molar-refractivity contribution in [3.63, 3.8) is 0 Å². The molecule has 0 saturated carbocycles. The highest BCUT2D eigenvalue weighted by molar-refractivity contribution is 7.13. The van der Waals surface area contributed by atoms with Crippen LogP contribution in [-0.2, 0) is 16.1 Å². The van der Waals surface area contributed by atoms with Crippen LogP contribution in [0.15, 0.2) is 16.6 Å². The molecule has 0 spiro atoms. The number of nitrogens with one attached hydrogen (secondary N) is 1. The average molecular weight is 377 g/mol. The zero-order valence-corrected chi connectivity index (χ0v) is 16.6. The van der Waals surface area contributed by atoms with E-state index >= 15 is 0 Å². The number of hydroxylamine groups is 2. The minimum Gasteiger partial charge on any atom is -0.387 e. The lowest BCUT2D eigenvalue weighted by atomic mass is 9.98. The van der Waals surface area contributed by atoms with Crippen LogP contribution in [0.5, 0.6) is 0 Å². The third-order valence-electron chi connectivity index (χ3n) is 4.35. The molecule has 3 N–H and O–H groups in total. The topological polar surface area (TPSA) is 80.0 Å². The van der Waals surface area contributed by atoms with Gasteiger partial charge in [0.25, 0.3) is 5.91 Å². The van der Waals surface area contributed by atoms with Crippen molar-refractivity contribution in [3.05, 3.63) is 21.4 Å². The lowest BCUT2D eigenvalue weighted by Gasteiger charge is -2.26. The van der Waals surface area contributed by atoms with Crippen molar-refractivity contribution in [2.75, 3.05) is 19.6 Å². The molecule has 1 saturated heterocycles. The van der Waals surface area contributed by atoms with Gasteiger partial charge in [0.05, 0.1) is 16.7 Å². The fraction of sp³-hybridized carbons (Fsp3) is 0.579. The molecular formula is C19H28N4O2S. The first-order chi connectivity index (χ1) is 12.5. The maximum Gasteiger partial charge on any atom is 0.273 e. The third kappa shape index (κ3) is 4.52. The second kappa shape index (κ2) is 8.33. The summed E-state index contributed by atoms with van der Waals surface area (Å²) in [5.41, 5.74) is 7.61. The third-order valence-corrected chi connectivity index (χ3v) is 5.45. The fourth-order valence-electron chi connectivity index (χ4n) is 3.07. The summed E-state index contributed by atoms with van der Waals surface area (Å²) >= 11 is 1.71. The van der Waals surface area contributed by atoms with Gasteiger partial charge in [-0.25, -0.2) is 10.1 Å². The molecule has 6 nitrogen and oxygen atoms in total. The number of fused-ring (bicyclic) bond motifs is 1. The molecule has 1 aromatic rings. The van der Waals surface area contributed by atoms with E-state index in [1.165, 1.54) is 9.94 Å². The van der Waals surface area contributed by atoms with Gasteiger partial charge in [-0.05, 0) is 57.8 Å². The lowest BCUT2D eigenvalue weighted by molar-refractivity contribution is -0.196. The highest BCUT2D eigenvalue weighted by Gasteiger charge is 2.24. The summed E-state index contributed by atoms with van der Waals surface area (Å²) in [7, 11) is 0. The molecule has 0 atom stereocenters. The van der Waals surface area contributed by atoms with Gasteiger partial charge in [-0.15, -0.1) is 11.3 Å². The number of carbonyl (C=O) groups excluding carboxylic acids is 1. The van der Waals surface area contributed by atoms with E-state index in [0.717, 1.165) is 36.5 Å². The number of nitrogens with zero attached hydrogens (tertiary/aromatic N) is 2. The first kappa shape index (κ1) is 19.1. The van der Waals surface area contributed by atoms with E-state index in [-0.39, 0.29) is 12.0 Å². The van der Waals surface area contributed by atoms with Crippen molar-refractivity contribution in [3.8, 4) is 0 Å². The number of amides is 1. The van der Waals surface area contributed by atoms with Crippen molar-refractivity contribution >= 4 is 34.8 Å². The van der Waals surface area contributed by atoms with Crippen molar-refractivity contribution in [2.45, 2.75) is 46.1 Å². The van der Waals surface area contributed by atoms with Crippen LogP contribution in [0.4, 0.5) is 5.69 Å². The van der Waals surface area contributed by atoms with Crippen LogP contribution < -0.4 is 11.1 Å². The summed E-state index contributed by atoms with van der Waals surface area (Å²) in [6.45, 7) is 8.58. The Balaban J connectivity index is 1.84. The van der Waals surface area contributed by atoms with E-state index in [4.69, 9.17) is 10.6 Å². The molecule has 0 aromatic carbocycles. The zero-order valence-electron chi connectivity index (χ0n) is 15.7. The van der Waals surface area contributed by atoms with Crippen molar-refractivity contribution in [1.29, 1.82) is 0 Å². The second-order valence-electron chi connectivity index (χ2n) is 7.20. The normalized spacial score (nSPS) is 17.2. The number of nitrogens with two attached hydrogens (primary N) is 1. The van der Waals surface area contributed by atoms with E-state index in [1.807, 2.05) is 26.8 Å². The Morgan fingerprint density at radius 2 is 2.27 bits per heavy atom. The summed E-state index contributed by atoms with van der Waals surface area (Å²) in [6.07, 6.45) is 4.13. The van der Waals surface area contributed by atoms with Crippen molar-refractivity contribution in [2.24, 2.45) is 16.6 Å². The predicted molar refractivity (Wildman–Crippen MR) is 106 cm³/mol. The van der Waals surface area contributed by atoms with Crippen LogP contribution in [0.2, 0.25) is 0 Å². The Labute approximate surface area is 159 Å². The Hall–Kier alpha value is -1.70. The smallest absolute Gasteiger partial charge is 0.273 e. The molecule has 1 fully saturated rings. The molecule has 0 bridgehead atoms. The maximum atomic E-state index is 13.0. The first-order valence-corrected chi connectivity index (χ1v) is 10.1. The van der Waals surface area contributed by atoms with E-state index in [1.54, 1.807) is 11.3 Å². The van der Waals surface area contributed by atoms with Gasteiger partial charge in [-0.1, -0.05) is 6.92 Å². The van der Waals surface area contributed by atoms with Gasteiger partial charge in [0.15, 0.2) is 0 Å². The minimum absolute atomic E-state index is 0.0529. The van der Waals surface area contributed by atoms with Crippen molar-refractivity contribution in [1.82, 2.24) is 10.4 Å². The number of hydrogen-bond acceptors (Lipinski definition) is 6. The van der Waals surface area contributed by atoms with Crippen LogP contribution in [0.25, 0.3) is 6.08 Å². The van der Waals surface area contributed by atoms with Gasteiger partial charge < -0.3 is 11.1 Å². The molecule has 142 valence electrons. The maximum absolute atomic E-state index is 13.0. The zero-order chi connectivity index (χ0) is 18.7. The summed E-state index contributed by atoms with van der Waals surface area (Å²) in [5, 5.41) is 4.76. The number of carbonyl (C=O) groups is 1. The van der Waals surface area contributed by atoms with E-state index in [0.29, 0.717) is 30.3 Å². The molecular weight excluding hydrogens is 348 g/mol. The molecule has 2 aliphatic rings. The van der Waals surface area contributed by atoms with Crippen LogP contribution >= 0.6 is 11.3 Å². The fourth-order valence-corrected chi connectivity index (χ4v) is 4.25. The molecule has 0 radical (unpaired) electrons. The van der Waals surface area contributed by atoms with Crippen LogP contribution in [0, 0.1) is 5.92 Å². The van der Waals surface area contributed by atoms with Crippen LogP contribution in [0.3, 0.4) is 0 Å². The average Bonchev–Trinajstić information content (AvgIpc) is 2.82. The Morgan fingerprint density at radius 1 is 1.50 bits per heavy atom. The number of hydrogen-bond donors (Lipinski definition) is 2. The number of thiophene rings is 1. The minimum atomic E-state index is -0.121. The number of rotatable bonds is 7. The van der Waals surface area contributed by atoms with Gasteiger partial charge in [0.1, 0.15) is 5.84 Å². The van der Waals surface area contributed by atoms with Crippen molar-refractivity contribution < 1.29 is 9.63 Å². The molecule has 26 heavy (non-hydrogen) atoms. The van der Waals surface area contributed by atoms with E-state index in [9.17, 15) is 4.79 Å². The second-order valence-corrected chi connectivity index (χ2v) is 8.37. The summed E-state index contributed by atoms with van der Waals surface area (Å²) < 4.78 is 0. The Kier molecular flexibility index (Phi) is 6.11. The molecule has 3 rings (SSSR count). The van der Waals surface area contributed by atoms with Gasteiger partial charge in [-0.2, -0.15) is 0 Å². The largest absolute Gasteiger partial charge is 0.387 e. The first-order valence-electron chi connectivity index (χ1n) is 9.32. The molecule has 2 aliphatic heterocycles. The summed E-state index contributed by atoms with van der Waals surface area (Å²) in [5.74, 6) is 1.05. The van der Waals surface area contributed by atoms with E-state index < -0.39 is 0 Å². The highest BCUT2D eigenvalue weighted by atomic mass is 32.1. The molecule has 0 unspecified atom stereocenters.